The maximum atomic E-state index is 6.43. The maximum Gasteiger partial charge on any atom is 0.137 e. The van der Waals surface area contributed by atoms with Crippen molar-refractivity contribution in [2.45, 2.75) is 31.2 Å². The van der Waals surface area contributed by atoms with E-state index < -0.39 is 0 Å². The van der Waals surface area contributed by atoms with Gasteiger partial charge in [0.15, 0.2) is 0 Å². The van der Waals surface area contributed by atoms with Crippen LogP contribution in [0.1, 0.15) is 30.9 Å². The summed E-state index contributed by atoms with van der Waals surface area (Å²) in [6.45, 7) is 4.75. The molecule has 0 radical (unpaired) electrons. The minimum absolute atomic E-state index is 0.0426. The number of anilines is 2. The van der Waals surface area contributed by atoms with Crippen molar-refractivity contribution in [3.05, 3.63) is 174 Å². The van der Waals surface area contributed by atoms with Gasteiger partial charge < -0.3 is 13.9 Å². The SMILES string of the molecule is CC1(C)C2=CC=CC(N(c3ccc(-n4c5ccccc5c5ccccc54)cc3)c3ccc4c(c3)oc3ccccc34)C2c2ccccc21. The van der Waals surface area contributed by atoms with Crippen LogP contribution in [0.3, 0.4) is 0 Å². The molecule has 48 heavy (non-hydrogen) atoms. The van der Waals surface area contributed by atoms with Crippen molar-refractivity contribution in [3.63, 3.8) is 0 Å². The Kier molecular flexibility index (Phi) is 5.75. The first-order chi connectivity index (χ1) is 23.6. The molecule has 2 aliphatic carbocycles. The van der Waals surface area contributed by atoms with Gasteiger partial charge in [0.25, 0.3) is 0 Å². The van der Waals surface area contributed by atoms with Crippen molar-refractivity contribution >= 4 is 55.1 Å². The van der Waals surface area contributed by atoms with Crippen LogP contribution >= 0.6 is 0 Å². The molecule has 2 atom stereocenters. The number of aromatic nitrogens is 1. The number of para-hydroxylation sites is 3. The van der Waals surface area contributed by atoms with Crippen molar-refractivity contribution in [2.24, 2.45) is 0 Å². The molecule has 8 aromatic rings. The Morgan fingerprint density at radius 1 is 0.604 bits per heavy atom. The van der Waals surface area contributed by atoms with Crippen molar-refractivity contribution < 1.29 is 4.42 Å². The van der Waals surface area contributed by atoms with Crippen LogP contribution in [0.5, 0.6) is 0 Å². The molecule has 0 N–H and O–H groups in total. The third kappa shape index (κ3) is 3.82. The molecule has 6 aromatic carbocycles. The van der Waals surface area contributed by atoms with Gasteiger partial charge in [-0.2, -0.15) is 0 Å². The number of rotatable bonds is 4. The van der Waals surface area contributed by atoms with Crippen LogP contribution in [0.4, 0.5) is 11.4 Å². The molecule has 3 nitrogen and oxygen atoms in total. The third-order valence-corrected chi connectivity index (χ3v) is 10.9. The molecular formula is C45H34N2O. The fourth-order valence-corrected chi connectivity index (χ4v) is 8.67. The molecule has 0 fully saturated rings. The summed E-state index contributed by atoms with van der Waals surface area (Å²) in [4.78, 5) is 2.52. The first kappa shape index (κ1) is 27.3. The Morgan fingerprint density at radius 2 is 1.23 bits per heavy atom. The summed E-state index contributed by atoms with van der Waals surface area (Å²) in [5.74, 6) is 0.226. The summed E-state index contributed by atoms with van der Waals surface area (Å²) < 4.78 is 8.82. The summed E-state index contributed by atoms with van der Waals surface area (Å²) in [7, 11) is 0. The molecule has 0 saturated carbocycles. The van der Waals surface area contributed by atoms with E-state index in [1.807, 2.05) is 6.07 Å². The van der Waals surface area contributed by atoms with Crippen molar-refractivity contribution in [1.29, 1.82) is 0 Å². The van der Waals surface area contributed by atoms with Crippen LogP contribution in [0.25, 0.3) is 49.4 Å². The summed E-state index contributed by atoms with van der Waals surface area (Å²) in [6.07, 6.45) is 7.01. The third-order valence-electron chi connectivity index (χ3n) is 10.9. The molecule has 0 saturated heterocycles. The Hall–Kier alpha value is -5.80. The van der Waals surface area contributed by atoms with Gasteiger partial charge in [0.1, 0.15) is 11.2 Å². The van der Waals surface area contributed by atoms with Gasteiger partial charge in [-0.05, 0) is 65.7 Å². The molecule has 0 spiro atoms. The van der Waals surface area contributed by atoms with Crippen molar-refractivity contribution in [2.75, 3.05) is 4.90 Å². The van der Waals surface area contributed by atoms with Gasteiger partial charge in [0, 0.05) is 56.0 Å². The molecule has 230 valence electrons. The maximum absolute atomic E-state index is 6.43. The summed E-state index contributed by atoms with van der Waals surface area (Å²) >= 11 is 0. The lowest BCUT2D eigenvalue weighted by Crippen LogP contribution is -2.37. The van der Waals surface area contributed by atoms with Crippen molar-refractivity contribution in [1.82, 2.24) is 4.57 Å². The lowest BCUT2D eigenvalue weighted by Gasteiger charge is -2.39. The normalized spacial score (nSPS) is 18.0. The topological polar surface area (TPSA) is 21.3 Å². The molecule has 2 heterocycles. The largest absolute Gasteiger partial charge is 0.456 e. The van der Waals surface area contributed by atoms with Gasteiger partial charge in [-0.15, -0.1) is 0 Å². The van der Waals surface area contributed by atoms with Crippen LogP contribution in [0, 0.1) is 0 Å². The van der Waals surface area contributed by atoms with Crippen LogP contribution < -0.4 is 4.90 Å². The number of benzene rings is 6. The van der Waals surface area contributed by atoms with E-state index in [4.69, 9.17) is 4.42 Å². The zero-order valence-electron chi connectivity index (χ0n) is 27.0. The molecule has 3 heteroatoms. The van der Waals surface area contributed by atoms with E-state index in [-0.39, 0.29) is 17.4 Å². The highest BCUT2D eigenvalue weighted by molar-refractivity contribution is 6.09. The molecule has 10 rings (SSSR count). The van der Waals surface area contributed by atoms with Gasteiger partial charge in [0.2, 0.25) is 0 Å². The van der Waals surface area contributed by atoms with E-state index in [2.05, 4.69) is 175 Å². The van der Waals surface area contributed by atoms with Gasteiger partial charge in [-0.3, -0.25) is 0 Å². The molecule has 2 aliphatic rings. The standard InChI is InChI=1S/C45H34N2O/c1-45(2)37-16-7-3-15-36(37)44-38(45)17-11-20-41(44)46(31-26-27-35-34-14-6-10-21-42(34)48-43(35)28-31)29-22-24-30(25-23-29)47-39-18-8-4-12-32(39)33-13-5-9-19-40(33)47/h3-28,41,44H,1-2H3. The highest BCUT2D eigenvalue weighted by Crippen LogP contribution is 2.55. The van der Waals surface area contributed by atoms with E-state index in [0.29, 0.717) is 0 Å². The first-order valence-electron chi connectivity index (χ1n) is 16.9. The summed E-state index contributed by atoms with van der Waals surface area (Å²) in [6, 6.07) is 50.7. The number of furan rings is 1. The van der Waals surface area contributed by atoms with Gasteiger partial charge in [0.05, 0.1) is 17.1 Å². The lowest BCUT2D eigenvalue weighted by atomic mass is 9.77. The molecular weight excluding hydrogens is 585 g/mol. The zero-order chi connectivity index (χ0) is 32.0. The molecule has 0 amide bonds. The Balaban J connectivity index is 1.16. The Bertz CT molecular complexity index is 2560. The number of allylic oxidation sites excluding steroid dienone is 2. The quantitative estimate of drug-likeness (QED) is 0.196. The highest BCUT2D eigenvalue weighted by atomic mass is 16.3. The number of fused-ring (bicyclic) bond motifs is 9. The second kappa shape index (κ2) is 10.1. The average Bonchev–Trinajstić information content (AvgIpc) is 3.75. The van der Waals surface area contributed by atoms with Gasteiger partial charge in [-0.1, -0.05) is 117 Å². The fourth-order valence-electron chi connectivity index (χ4n) is 8.67. The smallest absolute Gasteiger partial charge is 0.137 e. The van der Waals surface area contributed by atoms with Crippen LogP contribution in [0.15, 0.2) is 168 Å². The van der Waals surface area contributed by atoms with Crippen LogP contribution in [-0.2, 0) is 5.41 Å². The number of hydrogen-bond acceptors (Lipinski definition) is 2. The first-order valence-corrected chi connectivity index (χ1v) is 16.9. The van der Waals surface area contributed by atoms with Crippen molar-refractivity contribution in [3.8, 4) is 5.69 Å². The zero-order valence-corrected chi connectivity index (χ0v) is 27.0. The van der Waals surface area contributed by atoms with Crippen LogP contribution in [0.2, 0.25) is 0 Å². The molecule has 0 bridgehead atoms. The second-order valence-electron chi connectivity index (χ2n) is 13.7. The minimum atomic E-state index is -0.0426. The highest BCUT2D eigenvalue weighted by Gasteiger charge is 2.46. The summed E-state index contributed by atoms with van der Waals surface area (Å²) in [5, 5.41) is 4.83. The Morgan fingerprint density at radius 3 is 2.00 bits per heavy atom. The molecule has 0 aliphatic heterocycles. The minimum Gasteiger partial charge on any atom is -0.456 e. The van der Waals surface area contributed by atoms with Gasteiger partial charge in [-0.25, -0.2) is 0 Å². The molecule has 2 unspecified atom stereocenters. The van der Waals surface area contributed by atoms with E-state index in [1.54, 1.807) is 0 Å². The second-order valence-corrected chi connectivity index (χ2v) is 13.7. The predicted molar refractivity (Wildman–Crippen MR) is 200 cm³/mol. The average molecular weight is 619 g/mol. The van der Waals surface area contributed by atoms with E-state index >= 15 is 0 Å². The molecule has 2 aromatic heterocycles. The Labute approximate surface area is 279 Å². The predicted octanol–water partition coefficient (Wildman–Crippen LogP) is 11.8. The number of hydrogen-bond donors (Lipinski definition) is 0. The fraction of sp³-hybridized carbons (Fsp3) is 0.111. The van der Waals surface area contributed by atoms with E-state index in [1.165, 1.54) is 38.5 Å². The lowest BCUT2D eigenvalue weighted by molar-refractivity contribution is 0.580. The monoisotopic (exact) mass is 618 g/mol. The van der Waals surface area contributed by atoms with E-state index in [0.717, 1.165) is 39.0 Å². The van der Waals surface area contributed by atoms with E-state index in [9.17, 15) is 0 Å². The van der Waals surface area contributed by atoms with Gasteiger partial charge >= 0.3 is 0 Å². The van der Waals surface area contributed by atoms with Crippen LogP contribution in [-0.4, -0.2) is 10.6 Å². The summed E-state index contributed by atoms with van der Waals surface area (Å²) in [5.41, 5.74) is 11.9. The number of nitrogens with zero attached hydrogens (tertiary/aromatic N) is 2.